The van der Waals surface area contributed by atoms with Crippen molar-refractivity contribution in [2.75, 3.05) is 13.1 Å². The zero-order valence-electron chi connectivity index (χ0n) is 17.4. The highest BCUT2D eigenvalue weighted by molar-refractivity contribution is 7.89. The quantitative estimate of drug-likeness (QED) is 0.444. The molecule has 6 nitrogen and oxygen atoms in total. The average Bonchev–Trinajstić information content (AvgIpc) is 3.16. The Bertz CT molecular complexity index is 1390. The van der Waals surface area contributed by atoms with Crippen molar-refractivity contribution in [2.24, 2.45) is 10.9 Å². The van der Waals surface area contributed by atoms with Crippen molar-refractivity contribution in [3.05, 3.63) is 69.7 Å². The SMILES string of the molecule is C=CCn1c(=NC(=O)C2CCN(S(=O)(=O)c3ccc(F)cc3)CC2)sc2c(Cl)ccc(Cl)c21. The topological polar surface area (TPSA) is 71.7 Å². The van der Waals surface area contributed by atoms with Gasteiger partial charge in [0.05, 0.1) is 25.2 Å². The predicted molar refractivity (Wildman–Crippen MR) is 128 cm³/mol. The third-order valence-electron chi connectivity index (χ3n) is 5.50. The normalized spacial score (nSPS) is 16.4. The zero-order valence-corrected chi connectivity index (χ0v) is 20.5. The van der Waals surface area contributed by atoms with Crippen molar-refractivity contribution in [2.45, 2.75) is 24.3 Å². The van der Waals surface area contributed by atoms with Crippen LogP contribution >= 0.6 is 34.5 Å². The Kier molecular flexibility index (Phi) is 7.07. The molecule has 0 radical (unpaired) electrons. The van der Waals surface area contributed by atoms with Crippen molar-refractivity contribution >= 4 is 60.7 Å². The van der Waals surface area contributed by atoms with Gasteiger partial charge in [-0.05, 0) is 49.2 Å². The van der Waals surface area contributed by atoms with E-state index in [1.165, 1.54) is 27.8 Å². The van der Waals surface area contributed by atoms with Gasteiger partial charge < -0.3 is 4.57 Å². The number of halogens is 3. The molecule has 1 saturated heterocycles. The van der Waals surface area contributed by atoms with Crippen molar-refractivity contribution in [1.29, 1.82) is 0 Å². The van der Waals surface area contributed by atoms with Gasteiger partial charge in [0.25, 0.3) is 5.91 Å². The van der Waals surface area contributed by atoms with Crippen LogP contribution in [-0.4, -0.2) is 36.3 Å². The van der Waals surface area contributed by atoms with E-state index in [-0.39, 0.29) is 23.9 Å². The minimum Gasteiger partial charge on any atom is -0.311 e. The van der Waals surface area contributed by atoms with Crippen molar-refractivity contribution in [3.8, 4) is 0 Å². The second-order valence-corrected chi connectivity index (χ2v) is 11.3. The molecule has 4 rings (SSSR count). The van der Waals surface area contributed by atoms with Gasteiger partial charge in [-0.3, -0.25) is 4.79 Å². The smallest absolute Gasteiger partial charge is 0.251 e. The number of benzene rings is 2. The third-order valence-corrected chi connectivity index (χ3v) is 9.26. The largest absolute Gasteiger partial charge is 0.311 e. The van der Waals surface area contributed by atoms with E-state index in [0.717, 1.165) is 16.8 Å². The molecule has 2 heterocycles. The number of aromatic nitrogens is 1. The molecule has 1 amide bonds. The number of carbonyl (C=O) groups is 1. The van der Waals surface area contributed by atoms with Crippen LogP contribution in [0.2, 0.25) is 10.0 Å². The van der Waals surface area contributed by atoms with Gasteiger partial charge in [-0.2, -0.15) is 9.30 Å². The maximum atomic E-state index is 13.1. The fourth-order valence-corrected chi connectivity index (χ4v) is 6.91. The number of piperidine rings is 1. The summed E-state index contributed by atoms with van der Waals surface area (Å²) in [6, 6.07) is 8.11. The van der Waals surface area contributed by atoms with Gasteiger partial charge in [-0.25, -0.2) is 12.8 Å². The first kappa shape index (κ1) is 24.1. The lowest BCUT2D eigenvalue weighted by molar-refractivity contribution is -0.122. The van der Waals surface area contributed by atoms with Crippen LogP contribution in [0.15, 0.2) is 58.9 Å². The highest BCUT2D eigenvalue weighted by atomic mass is 35.5. The first-order chi connectivity index (χ1) is 15.7. The van der Waals surface area contributed by atoms with E-state index in [1.54, 1.807) is 22.8 Å². The lowest BCUT2D eigenvalue weighted by Crippen LogP contribution is -2.40. The Balaban J connectivity index is 1.56. The lowest BCUT2D eigenvalue weighted by atomic mass is 9.98. The molecule has 0 unspecified atom stereocenters. The molecule has 2 aromatic carbocycles. The molecule has 0 saturated carbocycles. The molecule has 0 N–H and O–H groups in total. The number of amides is 1. The maximum Gasteiger partial charge on any atom is 0.251 e. The number of hydrogen-bond donors (Lipinski definition) is 0. The highest BCUT2D eigenvalue weighted by Gasteiger charge is 2.32. The molecule has 0 spiro atoms. The Morgan fingerprint density at radius 2 is 1.79 bits per heavy atom. The molecule has 33 heavy (non-hydrogen) atoms. The molecule has 0 bridgehead atoms. The van der Waals surface area contributed by atoms with Crippen molar-refractivity contribution < 1.29 is 17.6 Å². The van der Waals surface area contributed by atoms with Gasteiger partial charge in [0.2, 0.25) is 10.0 Å². The molecule has 0 aliphatic carbocycles. The number of rotatable bonds is 5. The average molecular weight is 528 g/mol. The van der Waals surface area contributed by atoms with Crippen LogP contribution in [0.5, 0.6) is 0 Å². The Morgan fingerprint density at radius 3 is 2.42 bits per heavy atom. The second-order valence-electron chi connectivity index (χ2n) is 7.57. The van der Waals surface area contributed by atoms with Crippen LogP contribution in [0.3, 0.4) is 0 Å². The fourth-order valence-electron chi connectivity index (χ4n) is 3.78. The molecular weight excluding hydrogens is 508 g/mol. The molecule has 11 heteroatoms. The summed E-state index contributed by atoms with van der Waals surface area (Å²) < 4.78 is 42.6. The van der Waals surface area contributed by atoms with E-state index in [4.69, 9.17) is 23.2 Å². The summed E-state index contributed by atoms with van der Waals surface area (Å²) >= 11 is 14.0. The molecule has 1 aromatic heterocycles. The molecule has 3 aromatic rings. The monoisotopic (exact) mass is 527 g/mol. The van der Waals surface area contributed by atoms with Gasteiger partial charge in [-0.1, -0.05) is 40.6 Å². The van der Waals surface area contributed by atoms with Crippen molar-refractivity contribution in [3.63, 3.8) is 0 Å². The fraction of sp³-hybridized carbons (Fsp3) is 0.273. The summed E-state index contributed by atoms with van der Waals surface area (Å²) in [4.78, 5) is 17.8. The van der Waals surface area contributed by atoms with E-state index in [9.17, 15) is 17.6 Å². The van der Waals surface area contributed by atoms with Gasteiger partial charge >= 0.3 is 0 Å². The number of sulfonamides is 1. The number of carbonyl (C=O) groups excluding carboxylic acids is 1. The summed E-state index contributed by atoms with van der Waals surface area (Å²) in [5, 5.41) is 1.02. The van der Waals surface area contributed by atoms with E-state index in [2.05, 4.69) is 11.6 Å². The van der Waals surface area contributed by atoms with Crippen molar-refractivity contribution in [1.82, 2.24) is 8.87 Å². The number of nitrogens with zero attached hydrogens (tertiary/aromatic N) is 3. The van der Waals surface area contributed by atoms with E-state index in [1.807, 2.05) is 0 Å². The first-order valence-electron chi connectivity index (χ1n) is 10.1. The van der Waals surface area contributed by atoms with Gasteiger partial charge in [0.15, 0.2) is 4.80 Å². The molecule has 1 aliphatic rings. The summed E-state index contributed by atoms with van der Waals surface area (Å²) in [6.07, 6.45) is 2.37. The van der Waals surface area contributed by atoms with E-state index in [0.29, 0.717) is 39.7 Å². The lowest BCUT2D eigenvalue weighted by Gasteiger charge is -2.29. The van der Waals surface area contributed by atoms with E-state index < -0.39 is 21.8 Å². The highest BCUT2D eigenvalue weighted by Crippen LogP contribution is 2.32. The van der Waals surface area contributed by atoms with E-state index >= 15 is 0 Å². The molecule has 174 valence electrons. The summed E-state index contributed by atoms with van der Waals surface area (Å²) in [7, 11) is -3.75. The Labute approximate surface area is 204 Å². The molecule has 0 atom stereocenters. The summed E-state index contributed by atoms with van der Waals surface area (Å²) in [6.45, 7) is 4.53. The first-order valence-corrected chi connectivity index (χ1v) is 13.2. The van der Waals surface area contributed by atoms with Crippen LogP contribution in [0.4, 0.5) is 4.39 Å². The van der Waals surface area contributed by atoms with Crippen LogP contribution in [0.25, 0.3) is 10.2 Å². The number of hydrogen-bond acceptors (Lipinski definition) is 4. The second kappa shape index (κ2) is 9.68. The maximum absolute atomic E-state index is 13.1. The molecule has 1 aliphatic heterocycles. The Morgan fingerprint density at radius 1 is 1.15 bits per heavy atom. The van der Waals surface area contributed by atoms with Crippen LogP contribution in [0, 0.1) is 11.7 Å². The zero-order chi connectivity index (χ0) is 23.8. The third kappa shape index (κ3) is 4.79. The minimum absolute atomic E-state index is 0.0304. The standard InChI is InChI=1S/C22H20Cl2FN3O3S2/c1-2-11-28-19-17(23)7-8-18(24)20(19)32-22(28)26-21(29)14-9-12-27(13-10-14)33(30,31)16-5-3-15(25)4-6-16/h2-8,14H,1,9-13H2. The van der Waals surface area contributed by atoms with Gasteiger partial charge in [0.1, 0.15) is 5.82 Å². The Hall–Kier alpha value is -2.04. The summed E-state index contributed by atoms with van der Waals surface area (Å²) in [5.74, 6) is -1.22. The number of allylic oxidation sites excluding steroid dienone is 1. The summed E-state index contributed by atoms with van der Waals surface area (Å²) in [5.41, 5.74) is 0.695. The molecular formula is C22H20Cl2FN3O3S2. The number of fused-ring (bicyclic) bond motifs is 1. The number of thiazole rings is 1. The van der Waals surface area contributed by atoms with Gasteiger partial charge in [-0.15, -0.1) is 6.58 Å². The van der Waals surface area contributed by atoms with Crippen LogP contribution < -0.4 is 4.80 Å². The minimum atomic E-state index is -3.75. The van der Waals surface area contributed by atoms with Gasteiger partial charge in [0, 0.05) is 25.6 Å². The van der Waals surface area contributed by atoms with Crippen LogP contribution in [0.1, 0.15) is 12.8 Å². The molecule has 1 fully saturated rings. The van der Waals surface area contributed by atoms with Crippen LogP contribution in [-0.2, 0) is 21.4 Å². The predicted octanol–water partition coefficient (Wildman–Crippen LogP) is 4.86.